The van der Waals surface area contributed by atoms with Crippen LogP contribution >= 0.6 is 0 Å². The van der Waals surface area contributed by atoms with Gasteiger partial charge in [0.2, 0.25) is 0 Å². The van der Waals surface area contributed by atoms with Crippen LogP contribution in [0.15, 0.2) is 151 Å². The van der Waals surface area contributed by atoms with E-state index in [-0.39, 0.29) is 6.17 Å². The van der Waals surface area contributed by atoms with Crippen molar-refractivity contribution < 1.29 is 0 Å². The highest BCUT2D eigenvalue weighted by atomic mass is 15.1. The standard InChI is InChI=1S/C44H31N3/c1-2-13-30(14-3-1)43-37-18-8-9-20-38(37)45-44(46-43)36-19-10-15-31-27-32(23-24-33(31)36)47-39-25-21-28-11-4-6-16-34(28)41(39)42-35-17-7-5-12-29(35)22-26-40(42)47/h1-22,25-27,44-45H,23-24H2. The molecule has 8 aromatic rings. The number of rotatable bonds is 3. The number of allylic oxidation sites excluding steroid dienone is 1. The van der Waals surface area contributed by atoms with E-state index in [2.05, 4.69) is 162 Å². The summed E-state index contributed by atoms with van der Waals surface area (Å²) in [6, 6.07) is 52.6. The summed E-state index contributed by atoms with van der Waals surface area (Å²) in [7, 11) is 0. The number of hydrogen-bond donors (Lipinski definition) is 1. The van der Waals surface area contributed by atoms with Crippen molar-refractivity contribution in [3.8, 4) is 0 Å². The third kappa shape index (κ3) is 4.03. The lowest BCUT2D eigenvalue weighted by atomic mass is 9.89. The summed E-state index contributed by atoms with van der Waals surface area (Å²) < 4.78 is 2.53. The molecular formula is C44H31N3. The minimum atomic E-state index is -0.157. The van der Waals surface area contributed by atoms with E-state index < -0.39 is 0 Å². The van der Waals surface area contributed by atoms with Gasteiger partial charge < -0.3 is 9.88 Å². The van der Waals surface area contributed by atoms with Crippen LogP contribution in [0.2, 0.25) is 0 Å². The van der Waals surface area contributed by atoms with E-state index in [9.17, 15) is 0 Å². The van der Waals surface area contributed by atoms with Crippen molar-refractivity contribution in [2.24, 2.45) is 4.99 Å². The minimum Gasteiger partial charge on any atom is -0.359 e. The van der Waals surface area contributed by atoms with E-state index in [4.69, 9.17) is 4.99 Å². The minimum absolute atomic E-state index is 0.157. The molecule has 7 aromatic carbocycles. The molecule has 1 aromatic heterocycles. The Balaban J connectivity index is 1.16. The van der Waals surface area contributed by atoms with Crippen molar-refractivity contribution >= 4 is 66.5 Å². The summed E-state index contributed by atoms with van der Waals surface area (Å²) >= 11 is 0. The van der Waals surface area contributed by atoms with Crippen molar-refractivity contribution in [1.82, 2.24) is 4.57 Å². The van der Waals surface area contributed by atoms with Gasteiger partial charge in [-0.05, 0) is 69.8 Å². The van der Waals surface area contributed by atoms with Crippen molar-refractivity contribution in [2.45, 2.75) is 19.0 Å². The molecule has 3 nitrogen and oxygen atoms in total. The highest BCUT2D eigenvalue weighted by molar-refractivity contribution is 6.29. The molecule has 1 atom stereocenters. The molecule has 2 heterocycles. The molecule has 47 heavy (non-hydrogen) atoms. The number of nitrogens with one attached hydrogen (secondary N) is 1. The molecule has 10 rings (SSSR count). The summed E-state index contributed by atoms with van der Waals surface area (Å²) in [6.07, 6.45) is 4.16. The zero-order chi connectivity index (χ0) is 30.9. The van der Waals surface area contributed by atoms with Crippen LogP contribution in [-0.2, 0) is 6.42 Å². The number of aliphatic imine (C=N–C) groups is 1. The van der Waals surface area contributed by atoms with Crippen LogP contribution in [0.4, 0.5) is 5.69 Å². The Kier molecular flexibility index (Phi) is 5.76. The second-order valence-electron chi connectivity index (χ2n) is 12.7. The van der Waals surface area contributed by atoms with Crippen molar-refractivity contribution in [3.05, 3.63) is 173 Å². The van der Waals surface area contributed by atoms with E-state index in [1.807, 2.05) is 0 Å². The predicted octanol–water partition coefficient (Wildman–Crippen LogP) is 11.0. The van der Waals surface area contributed by atoms with Crippen LogP contribution < -0.4 is 5.32 Å². The van der Waals surface area contributed by atoms with Gasteiger partial charge in [-0.3, -0.25) is 4.99 Å². The lowest BCUT2D eigenvalue weighted by molar-refractivity contribution is 0.799. The average molecular weight is 602 g/mol. The summed E-state index contributed by atoms with van der Waals surface area (Å²) in [6.45, 7) is 0. The van der Waals surface area contributed by atoms with Crippen LogP contribution in [0.1, 0.15) is 40.4 Å². The van der Waals surface area contributed by atoms with Crippen LogP contribution in [-0.4, -0.2) is 10.3 Å². The summed E-state index contributed by atoms with van der Waals surface area (Å²) in [5.74, 6) is 0. The van der Waals surface area contributed by atoms with Gasteiger partial charge in [0.05, 0.1) is 16.7 Å². The van der Waals surface area contributed by atoms with Crippen molar-refractivity contribution in [1.29, 1.82) is 0 Å². The zero-order valence-electron chi connectivity index (χ0n) is 25.8. The molecule has 1 N–H and O–H groups in total. The van der Waals surface area contributed by atoms with Gasteiger partial charge in [0.15, 0.2) is 0 Å². The SMILES string of the molecule is C1=C(n2c3ccc4ccccc4c3c3c4ccccc4ccc32)CCc2c1cccc2C1N=C(c2ccccc2)c2ccccc2N1. The van der Waals surface area contributed by atoms with Gasteiger partial charge in [0.25, 0.3) is 0 Å². The third-order valence-electron chi connectivity index (χ3n) is 10.1. The van der Waals surface area contributed by atoms with E-state index in [1.165, 1.54) is 65.7 Å². The van der Waals surface area contributed by atoms with E-state index in [0.717, 1.165) is 35.4 Å². The summed E-state index contributed by atoms with van der Waals surface area (Å²) in [5, 5.41) is 11.6. The predicted molar refractivity (Wildman–Crippen MR) is 198 cm³/mol. The fourth-order valence-corrected chi connectivity index (χ4v) is 8.01. The quantitative estimate of drug-likeness (QED) is 0.214. The Hall–Kier alpha value is -5.93. The Labute approximate surface area is 273 Å². The molecule has 0 fully saturated rings. The van der Waals surface area contributed by atoms with Gasteiger partial charge in [0, 0.05) is 38.8 Å². The Morgan fingerprint density at radius 2 is 1.23 bits per heavy atom. The maximum Gasteiger partial charge on any atom is 0.145 e. The molecule has 0 saturated carbocycles. The molecule has 3 heteroatoms. The topological polar surface area (TPSA) is 29.3 Å². The first kappa shape index (κ1) is 26.3. The molecule has 0 radical (unpaired) electrons. The Morgan fingerprint density at radius 3 is 1.98 bits per heavy atom. The smallest absolute Gasteiger partial charge is 0.145 e. The average Bonchev–Trinajstić information content (AvgIpc) is 3.50. The molecule has 1 aliphatic heterocycles. The molecule has 0 spiro atoms. The van der Waals surface area contributed by atoms with Gasteiger partial charge >= 0.3 is 0 Å². The number of anilines is 1. The second kappa shape index (κ2) is 10.3. The number of fused-ring (bicyclic) bond motifs is 9. The monoisotopic (exact) mass is 601 g/mol. The lowest BCUT2D eigenvalue weighted by Gasteiger charge is -2.29. The first-order valence-corrected chi connectivity index (χ1v) is 16.5. The lowest BCUT2D eigenvalue weighted by Crippen LogP contribution is -2.22. The van der Waals surface area contributed by atoms with Crippen molar-refractivity contribution in [2.75, 3.05) is 5.32 Å². The molecule has 1 aliphatic carbocycles. The fourth-order valence-electron chi connectivity index (χ4n) is 8.01. The molecule has 1 unspecified atom stereocenters. The molecule has 222 valence electrons. The number of aromatic nitrogens is 1. The number of benzene rings is 7. The van der Waals surface area contributed by atoms with Crippen LogP contribution in [0.25, 0.3) is 55.1 Å². The van der Waals surface area contributed by atoms with Crippen molar-refractivity contribution in [3.63, 3.8) is 0 Å². The van der Waals surface area contributed by atoms with Gasteiger partial charge in [-0.25, -0.2) is 0 Å². The van der Waals surface area contributed by atoms with E-state index in [0.29, 0.717) is 0 Å². The van der Waals surface area contributed by atoms with E-state index in [1.54, 1.807) is 0 Å². The fraction of sp³-hybridized carbons (Fsp3) is 0.0682. The normalized spacial score (nSPS) is 15.7. The Morgan fingerprint density at radius 1 is 0.574 bits per heavy atom. The Bertz CT molecular complexity index is 2510. The number of para-hydroxylation sites is 1. The summed E-state index contributed by atoms with van der Waals surface area (Å²) in [5.41, 5.74) is 12.2. The van der Waals surface area contributed by atoms with Crippen LogP contribution in [0.3, 0.4) is 0 Å². The van der Waals surface area contributed by atoms with E-state index >= 15 is 0 Å². The third-order valence-corrected chi connectivity index (χ3v) is 10.1. The van der Waals surface area contributed by atoms with Crippen LogP contribution in [0.5, 0.6) is 0 Å². The molecule has 0 bridgehead atoms. The van der Waals surface area contributed by atoms with Gasteiger partial charge in [-0.1, -0.05) is 127 Å². The van der Waals surface area contributed by atoms with Gasteiger partial charge in [-0.15, -0.1) is 0 Å². The highest BCUT2D eigenvalue weighted by Gasteiger charge is 2.27. The first-order valence-electron chi connectivity index (χ1n) is 16.5. The molecule has 0 amide bonds. The largest absolute Gasteiger partial charge is 0.359 e. The zero-order valence-corrected chi connectivity index (χ0v) is 25.8. The van der Waals surface area contributed by atoms with Gasteiger partial charge in [0.1, 0.15) is 6.17 Å². The number of nitrogens with zero attached hydrogens (tertiary/aromatic N) is 2. The maximum atomic E-state index is 5.36. The summed E-state index contributed by atoms with van der Waals surface area (Å²) in [4.78, 5) is 5.36. The second-order valence-corrected chi connectivity index (χ2v) is 12.7. The highest BCUT2D eigenvalue weighted by Crippen LogP contribution is 2.43. The molecule has 0 saturated heterocycles. The van der Waals surface area contributed by atoms with Gasteiger partial charge in [-0.2, -0.15) is 0 Å². The van der Waals surface area contributed by atoms with Crippen LogP contribution in [0, 0.1) is 0 Å². The maximum absolute atomic E-state index is 5.36. The first-order chi connectivity index (χ1) is 23.3. The molecular weight excluding hydrogens is 571 g/mol. The number of hydrogen-bond acceptors (Lipinski definition) is 2. The molecule has 2 aliphatic rings.